The lowest BCUT2D eigenvalue weighted by atomic mass is 10.0. The molecule has 1 aliphatic heterocycles. The van der Waals surface area contributed by atoms with E-state index in [1.807, 2.05) is 43.3 Å². The summed E-state index contributed by atoms with van der Waals surface area (Å²) in [5.41, 5.74) is 0.764. The van der Waals surface area contributed by atoms with Gasteiger partial charge in [0.1, 0.15) is 12.3 Å². The molecule has 0 unspecified atom stereocenters. The molecule has 0 atom stereocenters. The van der Waals surface area contributed by atoms with Gasteiger partial charge in [-0.15, -0.1) is 0 Å². The summed E-state index contributed by atoms with van der Waals surface area (Å²) in [6.07, 6.45) is 1.62. The number of thioether (sulfide) groups is 1. The number of ether oxygens (including phenoxy) is 1. The highest BCUT2D eigenvalue weighted by Gasteiger charge is 2.36. The Morgan fingerprint density at radius 1 is 1.20 bits per heavy atom. The molecular formula is C18H15NO5S. The van der Waals surface area contributed by atoms with Crippen molar-refractivity contribution < 1.29 is 24.2 Å². The van der Waals surface area contributed by atoms with E-state index in [1.165, 1.54) is 0 Å². The lowest BCUT2D eigenvalue weighted by molar-refractivity contribution is -0.140. The number of carbonyl (C=O) groups is 3. The van der Waals surface area contributed by atoms with Crippen molar-refractivity contribution >= 4 is 45.7 Å². The zero-order valence-electron chi connectivity index (χ0n) is 13.4. The highest BCUT2D eigenvalue weighted by Crippen LogP contribution is 2.35. The summed E-state index contributed by atoms with van der Waals surface area (Å²) in [6, 6.07) is 11.2. The van der Waals surface area contributed by atoms with Gasteiger partial charge in [0.05, 0.1) is 11.5 Å². The largest absolute Gasteiger partial charge is 0.493 e. The number of carbonyl (C=O) groups excluding carboxylic acids is 2. The number of carboxylic acids is 1. The Balaban J connectivity index is 2.02. The normalized spacial score (nSPS) is 16.0. The molecule has 1 aliphatic rings. The van der Waals surface area contributed by atoms with Gasteiger partial charge in [-0.05, 0) is 41.8 Å². The Kier molecular flexibility index (Phi) is 4.76. The molecular weight excluding hydrogens is 342 g/mol. The smallest absolute Gasteiger partial charge is 0.323 e. The number of carboxylic acid groups (broad SMARTS) is 1. The lowest BCUT2D eigenvalue weighted by Crippen LogP contribution is -2.33. The number of nitrogens with zero attached hydrogens (tertiary/aromatic N) is 1. The average molecular weight is 357 g/mol. The first kappa shape index (κ1) is 17.0. The van der Waals surface area contributed by atoms with Crippen LogP contribution in [0.4, 0.5) is 4.79 Å². The second-order valence-corrected chi connectivity index (χ2v) is 6.29. The molecule has 0 radical (unpaired) electrons. The topological polar surface area (TPSA) is 83.9 Å². The fraction of sp³-hybridized carbons (Fsp3) is 0.167. The molecule has 2 aromatic carbocycles. The zero-order valence-corrected chi connectivity index (χ0v) is 14.2. The molecule has 3 rings (SSSR count). The Morgan fingerprint density at radius 3 is 2.60 bits per heavy atom. The van der Waals surface area contributed by atoms with Crippen molar-refractivity contribution in [2.75, 3.05) is 13.2 Å². The monoisotopic (exact) mass is 357 g/mol. The van der Waals surface area contributed by atoms with Crippen molar-refractivity contribution in [3.63, 3.8) is 0 Å². The van der Waals surface area contributed by atoms with Crippen LogP contribution in [0.5, 0.6) is 5.75 Å². The molecule has 0 aromatic heterocycles. The quantitative estimate of drug-likeness (QED) is 0.826. The number of aliphatic carboxylic acids is 1. The number of imide groups is 1. The molecule has 0 saturated carbocycles. The predicted molar refractivity (Wildman–Crippen MR) is 95.4 cm³/mol. The molecule has 7 heteroatoms. The molecule has 2 amide bonds. The maximum atomic E-state index is 12.3. The van der Waals surface area contributed by atoms with Gasteiger partial charge in [0, 0.05) is 5.39 Å². The zero-order chi connectivity index (χ0) is 18.0. The van der Waals surface area contributed by atoms with E-state index < -0.39 is 23.7 Å². The SMILES string of the molecule is CCOc1ccc(/C=C2/SC(=O)N(CC(=O)O)C2=O)c2ccccc12. The standard InChI is InChI=1S/C18H15NO5S/c1-2-24-14-8-7-11(12-5-3-4-6-13(12)14)9-15-17(22)19(10-16(20)21)18(23)25-15/h3-9H,2,10H2,1H3,(H,20,21)/b15-9+. The summed E-state index contributed by atoms with van der Waals surface area (Å²) in [6.45, 7) is 1.81. The molecule has 0 spiro atoms. The number of fused-ring (bicyclic) bond motifs is 1. The van der Waals surface area contributed by atoms with Crippen LogP contribution >= 0.6 is 11.8 Å². The molecule has 2 aromatic rings. The molecule has 1 N–H and O–H groups in total. The Labute approximate surface area is 148 Å². The van der Waals surface area contributed by atoms with Crippen LogP contribution in [0.25, 0.3) is 16.8 Å². The fourth-order valence-corrected chi connectivity index (χ4v) is 3.44. The van der Waals surface area contributed by atoms with Crippen molar-refractivity contribution in [2.45, 2.75) is 6.92 Å². The van der Waals surface area contributed by atoms with Crippen LogP contribution in [0.1, 0.15) is 12.5 Å². The minimum Gasteiger partial charge on any atom is -0.493 e. The Morgan fingerprint density at radius 2 is 1.92 bits per heavy atom. The summed E-state index contributed by atoms with van der Waals surface area (Å²) < 4.78 is 5.62. The van der Waals surface area contributed by atoms with E-state index in [-0.39, 0.29) is 4.91 Å². The number of amides is 2. The predicted octanol–water partition coefficient (Wildman–Crippen LogP) is 3.36. The van der Waals surface area contributed by atoms with Crippen LogP contribution in [0, 0.1) is 0 Å². The number of hydrogen-bond donors (Lipinski definition) is 1. The first-order chi connectivity index (χ1) is 12.0. The van der Waals surface area contributed by atoms with E-state index in [1.54, 1.807) is 6.08 Å². The minimum atomic E-state index is -1.23. The van der Waals surface area contributed by atoms with E-state index in [2.05, 4.69) is 0 Å². The molecule has 6 nitrogen and oxygen atoms in total. The molecule has 1 fully saturated rings. The first-order valence-corrected chi connectivity index (χ1v) is 8.44. The van der Waals surface area contributed by atoms with Gasteiger partial charge in [0.2, 0.25) is 0 Å². The summed E-state index contributed by atoms with van der Waals surface area (Å²) in [5, 5.41) is 10.0. The highest BCUT2D eigenvalue weighted by atomic mass is 32.2. The summed E-state index contributed by atoms with van der Waals surface area (Å²) >= 11 is 0.746. The number of hydrogen-bond acceptors (Lipinski definition) is 5. The van der Waals surface area contributed by atoms with Gasteiger partial charge in [-0.25, -0.2) is 0 Å². The van der Waals surface area contributed by atoms with Crippen LogP contribution in [-0.4, -0.2) is 40.3 Å². The van der Waals surface area contributed by atoms with Crippen molar-refractivity contribution in [3.8, 4) is 5.75 Å². The van der Waals surface area contributed by atoms with Gasteiger partial charge in [-0.3, -0.25) is 19.3 Å². The third-order valence-electron chi connectivity index (χ3n) is 3.67. The van der Waals surface area contributed by atoms with Crippen molar-refractivity contribution in [1.82, 2.24) is 4.90 Å². The molecule has 0 aliphatic carbocycles. The molecule has 1 heterocycles. The van der Waals surface area contributed by atoms with Crippen LogP contribution < -0.4 is 4.74 Å². The second kappa shape index (κ2) is 6.98. The second-order valence-electron chi connectivity index (χ2n) is 5.29. The lowest BCUT2D eigenvalue weighted by Gasteiger charge is -2.10. The van der Waals surface area contributed by atoms with Gasteiger partial charge >= 0.3 is 5.97 Å². The fourth-order valence-electron chi connectivity index (χ4n) is 2.61. The van der Waals surface area contributed by atoms with Gasteiger partial charge in [-0.1, -0.05) is 30.3 Å². The van der Waals surface area contributed by atoms with E-state index in [0.29, 0.717) is 6.61 Å². The Bertz CT molecular complexity index is 905. The first-order valence-electron chi connectivity index (χ1n) is 7.63. The molecule has 25 heavy (non-hydrogen) atoms. The van der Waals surface area contributed by atoms with Crippen molar-refractivity contribution in [1.29, 1.82) is 0 Å². The number of rotatable bonds is 5. The van der Waals surface area contributed by atoms with Crippen LogP contribution in [0.15, 0.2) is 41.3 Å². The molecule has 1 saturated heterocycles. The van der Waals surface area contributed by atoms with E-state index in [4.69, 9.17) is 9.84 Å². The third-order valence-corrected chi connectivity index (χ3v) is 4.58. The summed E-state index contributed by atoms with van der Waals surface area (Å²) in [5.74, 6) is -1.07. The highest BCUT2D eigenvalue weighted by molar-refractivity contribution is 8.18. The van der Waals surface area contributed by atoms with Gasteiger partial charge in [0.25, 0.3) is 11.1 Å². The maximum Gasteiger partial charge on any atom is 0.323 e. The van der Waals surface area contributed by atoms with Crippen LogP contribution in [0.3, 0.4) is 0 Å². The van der Waals surface area contributed by atoms with Crippen molar-refractivity contribution in [3.05, 3.63) is 46.9 Å². The van der Waals surface area contributed by atoms with E-state index in [0.717, 1.165) is 38.7 Å². The Hall–Kier alpha value is -2.80. The molecule has 0 bridgehead atoms. The van der Waals surface area contributed by atoms with Crippen LogP contribution in [0.2, 0.25) is 0 Å². The third kappa shape index (κ3) is 3.36. The van der Waals surface area contributed by atoms with Crippen molar-refractivity contribution in [2.24, 2.45) is 0 Å². The van der Waals surface area contributed by atoms with Gasteiger partial charge in [0.15, 0.2) is 0 Å². The van der Waals surface area contributed by atoms with E-state index in [9.17, 15) is 14.4 Å². The van der Waals surface area contributed by atoms with Gasteiger partial charge < -0.3 is 9.84 Å². The minimum absolute atomic E-state index is 0.209. The summed E-state index contributed by atoms with van der Waals surface area (Å²) in [7, 11) is 0. The van der Waals surface area contributed by atoms with Gasteiger partial charge in [-0.2, -0.15) is 0 Å². The van der Waals surface area contributed by atoms with Crippen LogP contribution in [-0.2, 0) is 9.59 Å². The molecule has 128 valence electrons. The average Bonchev–Trinajstić information content (AvgIpc) is 2.84. The van der Waals surface area contributed by atoms with E-state index >= 15 is 0 Å². The summed E-state index contributed by atoms with van der Waals surface area (Å²) in [4.78, 5) is 35.9. The maximum absolute atomic E-state index is 12.3. The number of benzene rings is 2.